The van der Waals surface area contributed by atoms with Gasteiger partial charge in [0.2, 0.25) is 0 Å². The molecule has 0 spiro atoms. The van der Waals surface area contributed by atoms with E-state index in [9.17, 15) is 0 Å². The third-order valence-electron chi connectivity index (χ3n) is 9.58. The lowest BCUT2D eigenvalue weighted by Crippen LogP contribution is -2.13. The molecule has 0 saturated carbocycles. The van der Waals surface area contributed by atoms with Crippen LogP contribution in [0.2, 0.25) is 0 Å². The molecule has 1 heterocycles. The summed E-state index contributed by atoms with van der Waals surface area (Å²) in [4.78, 5) is 4.98. The van der Waals surface area contributed by atoms with Gasteiger partial charge in [0.05, 0.1) is 0 Å². The highest BCUT2D eigenvalue weighted by Crippen LogP contribution is 2.30. The Morgan fingerprint density at radius 3 is 1.15 bits per heavy atom. The van der Waals surface area contributed by atoms with E-state index in [0.29, 0.717) is 12.0 Å². The molecule has 2 nitrogen and oxygen atoms in total. The molecule has 0 amide bonds. The highest BCUT2D eigenvalue weighted by atomic mass is 15.1. The number of nitrogens with zero attached hydrogens (tertiary/aromatic N) is 2. The van der Waals surface area contributed by atoms with Crippen LogP contribution in [0.4, 0.5) is 0 Å². The van der Waals surface area contributed by atoms with Crippen molar-refractivity contribution in [2.45, 2.75) is 232 Å². The molecular formula is C39H76N2. The van der Waals surface area contributed by atoms with Crippen molar-refractivity contribution in [3.63, 3.8) is 0 Å². The zero-order chi connectivity index (χ0) is 29.6. The largest absolute Gasteiger partial charge is 0.332 e. The molecule has 0 saturated heterocycles. The molecule has 2 atom stereocenters. The maximum Gasteiger partial charge on any atom is 0.111 e. The molecule has 41 heavy (non-hydrogen) atoms. The summed E-state index contributed by atoms with van der Waals surface area (Å²) in [7, 11) is 0. The average molecular weight is 573 g/mol. The van der Waals surface area contributed by atoms with E-state index in [1.54, 1.807) is 0 Å². The predicted octanol–water partition coefficient (Wildman–Crippen LogP) is 14.3. The van der Waals surface area contributed by atoms with E-state index >= 15 is 0 Å². The fourth-order valence-electron chi connectivity index (χ4n) is 6.71. The van der Waals surface area contributed by atoms with Crippen molar-refractivity contribution in [2.24, 2.45) is 0 Å². The van der Waals surface area contributed by atoms with Crippen LogP contribution in [0.1, 0.15) is 238 Å². The summed E-state index contributed by atoms with van der Waals surface area (Å²) in [5, 5.41) is 0. The van der Waals surface area contributed by atoms with E-state index in [4.69, 9.17) is 4.98 Å². The third kappa shape index (κ3) is 21.5. The standard InChI is InChI=1S/C39H76N2/c1-5-8-11-14-16-17-18-19-20-21-22-23-24-25-28-31-34-38(33-30-26-13-10-7-3)39-40-35-36-41(39)37(4)32-29-27-15-12-9-6-2/h35-38H,5-34H2,1-4H3. The SMILES string of the molecule is CCCCCCCCCCCCCCCCCCC(CCCCCCC)c1nccn1C(C)CCCCCCCC. The monoisotopic (exact) mass is 573 g/mol. The lowest BCUT2D eigenvalue weighted by molar-refractivity contribution is 0.413. The predicted molar refractivity (Wildman–Crippen MR) is 185 cm³/mol. The molecule has 0 aliphatic heterocycles. The maximum atomic E-state index is 4.98. The topological polar surface area (TPSA) is 17.8 Å². The van der Waals surface area contributed by atoms with Gasteiger partial charge in [-0.05, 0) is 26.2 Å². The zero-order valence-corrected chi connectivity index (χ0v) is 28.9. The van der Waals surface area contributed by atoms with Crippen molar-refractivity contribution in [2.75, 3.05) is 0 Å². The van der Waals surface area contributed by atoms with Crippen molar-refractivity contribution in [3.8, 4) is 0 Å². The van der Waals surface area contributed by atoms with Crippen LogP contribution in [0.15, 0.2) is 12.4 Å². The molecule has 242 valence electrons. The second-order valence-electron chi connectivity index (χ2n) is 13.6. The minimum Gasteiger partial charge on any atom is -0.332 e. The van der Waals surface area contributed by atoms with Gasteiger partial charge in [-0.3, -0.25) is 0 Å². The van der Waals surface area contributed by atoms with E-state index < -0.39 is 0 Å². The number of unbranched alkanes of at least 4 members (excludes halogenated alkanes) is 24. The quantitative estimate of drug-likeness (QED) is 0.0785. The first kappa shape index (κ1) is 38.2. The third-order valence-corrected chi connectivity index (χ3v) is 9.58. The second kappa shape index (κ2) is 29.3. The summed E-state index contributed by atoms with van der Waals surface area (Å²) in [6.07, 6.45) is 46.8. The Kier molecular flexibility index (Phi) is 27.3. The van der Waals surface area contributed by atoms with Crippen LogP contribution >= 0.6 is 0 Å². The summed E-state index contributed by atoms with van der Waals surface area (Å²) in [5.74, 6) is 2.06. The first-order valence-corrected chi connectivity index (χ1v) is 19.3. The number of aromatic nitrogens is 2. The van der Waals surface area contributed by atoms with Crippen LogP contribution in [0.25, 0.3) is 0 Å². The molecule has 2 heteroatoms. The van der Waals surface area contributed by atoms with Crippen molar-refractivity contribution >= 4 is 0 Å². The highest BCUT2D eigenvalue weighted by Gasteiger charge is 2.19. The fourth-order valence-corrected chi connectivity index (χ4v) is 6.71. The first-order valence-electron chi connectivity index (χ1n) is 19.3. The number of imidazole rings is 1. The van der Waals surface area contributed by atoms with Crippen LogP contribution in [-0.4, -0.2) is 9.55 Å². The molecule has 1 aromatic rings. The lowest BCUT2D eigenvalue weighted by Gasteiger charge is -2.22. The molecule has 0 aromatic carbocycles. The summed E-state index contributed by atoms with van der Waals surface area (Å²) in [6, 6.07) is 0.590. The molecule has 0 aliphatic carbocycles. The van der Waals surface area contributed by atoms with E-state index in [2.05, 4.69) is 44.7 Å². The smallest absolute Gasteiger partial charge is 0.111 e. The fraction of sp³-hybridized carbons (Fsp3) is 0.923. The maximum absolute atomic E-state index is 4.98. The van der Waals surface area contributed by atoms with E-state index in [-0.39, 0.29) is 0 Å². The lowest BCUT2D eigenvalue weighted by atomic mass is 9.93. The molecule has 0 N–H and O–H groups in total. The van der Waals surface area contributed by atoms with Crippen LogP contribution in [0, 0.1) is 0 Å². The Bertz CT molecular complexity index is 635. The van der Waals surface area contributed by atoms with Crippen LogP contribution < -0.4 is 0 Å². The van der Waals surface area contributed by atoms with Gasteiger partial charge < -0.3 is 4.57 Å². The number of hydrogen-bond acceptors (Lipinski definition) is 1. The Labute approximate surface area is 259 Å². The van der Waals surface area contributed by atoms with Gasteiger partial charge in [-0.15, -0.1) is 0 Å². The first-order chi connectivity index (χ1) is 20.2. The van der Waals surface area contributed by atoms with Gasteiger partial charge in [-0.25, -0.2) is 4.98 Å². The molecule has 0 aliphatic rings. The molecule has 1 rings (SSSR count). The zero-order valence-electron chi connectivity index (χ0n) is 28.9. The average Bonchev–Trinajstić information content (AvgIpc) is 3.47. The molecule has 1 aromatic heterocycles. The molecule has 0 fully saturated rings. The minimum atomic E-state index is 0.590. The summed E-state index contributed by atoms with van der Waals surface area (Å²) >= 11 is 0. The van der Waals surface area contributed by atoms with Gasteiger partial charge in [-0.2, -0.15) is 0 Å². The van der Waals surface area contributed by atoms with Crippen molar-refractivity contribution in [3.05, 3.63) is 18.2 Å². The Balaban J connectivity index is 2.28. The van der Waals surface area contributed by atoms with Gasteiger partial charge in [-0.1, -0.05) is 194 Å². The van der Waals surface area contributed by atoms with Crippen LogP contribution in [0.3, 0.4) is 0 Å². The van der Waals surface area contributed by atoms with Crippen LogP contribution in [-0.2, 0) is 0 Å². The molecular weight excluding hydrogens is 496 g/mol. The number of rotatable bonds is 32. The van der Waals surface area contributed by atoms with Crippen molar-refractivity contribution in [1.29, 1.82) is 0 Å². The Morgan fingerprint density at radius 2 is 0.780 bits per heavy atom. The molecule has 0 bridgehead atoms. The molecule has 2 unspecified atom stereocenters. The van der Waals surface area contributed by atoms with E-state index in [1.807, 2.05) is 0 Å². The number of hydrogen-bond donors (Lipinski definition) is 0. The van der Waals surface area contributed by atoms with Gasteiger partial charge in [0.25, 0.3) is 0 Å². The summed E-state index contributed by atoms with van der Waals surface area (Å²) < 4.78 is 2.56. The van der Waals surface area contributed by atoms with Gasteiger partial charge >= 0.3 is 0 Å². The van der Waals surface area contributed by atoms with E-state index in [0.717, 1.165) is 0 Å². The van der Waals surface area contributed by atoms with E-state index in [1.165, 1.54) is 198 Å². The highest BCUT2D eigenvalue weighted by molar-refractivity contribution is 5.02. The van der Waals surface area contributed by atoms with Gasteiger partial charge in [0.1, 0.15) is 5.82 Å². The van der Waals surface area contributed by atoms with Crippen molar-refractivity contribution in [1.82, 2.24) is 9.55 Å². The van der Waals surface area contributed by atoms with Crippen LogP contribution in [0.5, 0.6) is 0 Å². The van der Waals surface area contributed by atoms with Crippen molar-refractivity contribution < 1.29 is 0 Å². The Hall–Kier alpha value is -0.790. The van der Waals surface area contributed by atoms with Gasteiger partial charge in [0.15, 0.2) is 0 Å². The Morgan fingerprint density at radius 1 is 0.463 bits per heavy atom. The summed E-state index contributed by atoms with van der Waals surface area (Å²) in [5.41, 5.74) is 0. The van der Waals surface area contributed by atoms with Gasteiger partial charge in [0, 0.05) is 24.4 Å². The molecule has 0 radical (unpaired) electrons. The normalized spacial score (nSPS) is 13.2. The second-order valence-corrected chi connectivity index (χ2v) is 13.6. The minimum absolute atomic E-state index is 0.590. The summed E-state index contributed by atoms with van der Waals surface area (Å²) in [6.45, 7) is 9.37.